The molecule has 2 heterocycles. The van der Waals surface area contributed by atoms with Gasteiger partial charge in [-0.1, -0.05) is 30.3 Å². The van der Waals surface area contributed by atoms with Gasteiger partial charge in [-0.3, -0.25) is 0 Å². The second-order valence-electron chi connectivity index (χ2n) is 4.80. The van der Waals surface area contributed by atoms with E-state index >= 15 is 0 Å². The van der Waals surface area contributed by atoms with Crippen LogP contribution in [0.15, 0.2) is 40.9 Å². The van der Waals surface area contributed by atoms with Gasteiger partial charge in [0.05, 0.1) is 11.7 Å². The molecule has 0 atom stereocenters. The van der Waals surface area contributed by atoms with E-state index in [2.05, 4.69) is 10.3 Å². The van der Waals surface area contributed by atoms with Crippen LogP contribution in [0.2, 0.25) is 0 Å². The molecule has 2 aromatic rings. The van der Waals surface area contributed by atoms with E-state index in [1.165, 1.54) is 0 Å². The number of nitrogens with zero attached hydrogens (tertiary/aromatic N) is 1. The Balaban J connectivity index is 1.89. The second kappa shape index (κ2) is 4.55. The fourth-order valence-electron chi connectivity index (χ4n) is 2.33. The highest BCUT2D eigenvalue weighted by atomic mass is 16.4. The van der Waals surface area contributed by atoms with Crippen molar-refractivity contribution in [3.63, 3.8) is 0 Å². The van der Waals surface area contributed by atoms with Gasteiger partial charge >= 0.3 is 0 Å². The summed E-state index contributed by atoms with van der Waals surface area (Å²) in [5.74, 6) is 1.44. The predicted molar refractivity (Wildman–Crippen MR) is 69.9 cm³/mol. The van der Waals surface area contributed by atoms with E-state index in [0.717, 1.165) is 37.3 Å². The van der Waals surface area contributed by atoms with Crippen molar-refractivity contribution < 1.29 is 4.42 Å². The standard InChI is InChI=1S/C14H17N3O/c15-14(6-8-16-9-7-14)13-17-10-12(18-13)11-4-2-1-3-5-11/h1-5,10,16H,6-9,15H2. The molecule has 3 rings (SSSR count). The first-order valence-electron chi connectivity index (χ1n) is 6.29. The van der Waals surface area contributed by atoms with Gasteiger partial charge in [0.2, 0.25) is 5.89 Å². The van der Waals surface area contributed by atoms with Crippen LogP contribution in [0, 0.1) is 0 Å². The van der Waals surface area contributed by atoms with Crippen LogP contribution in [0.3, 0.4) is 0 Å². The molecular weight excluding hydrogens is 226 g/mol. The highest BCUT2D eigenvalue weighted by molar-refractivity contribution is 5.55. The number of piperidine rings is 1. The molecule has 0 unspecified atom stereocenters. The lowest BCUT2D eigenvalue weighted by Crippen LogP contribution is -2.46. The molecule has 18 heavy (non-hydrogen) atoms. The monoisotopic (exact) mass is 243 g/mol. The first-order valence-corrected chi connectivity index (χ1v) is 6.29. The summed E-state index contributed by atoms with van der Waals surface area (Å²) < 4.78 is 5.85. The second-order valence-corrected chi connectivity index (χ2v) is 4.80. The Morgan fingerprint density at radius 3 is 2.61 bits per heavy atom. The van der Waals surface area contributed by atoms with Crippen LogP contribution in [0.25, 0.3) is 11.3 Å². The molecule has 0 bridgehead atoms. The van der Waals surface area contributed by atoms with Crippen molar-refractivity contribution in [3.05, 3.63) is 42.4 Å². The van der Waals surface area contributed by atoms with E-state index in [-0.39, 0.29) is 0 Å². The molecule has 94 valence electrons. The Hall–Kier alpha value is -1.65. The molecule has 1 aliphatic heterocycles. The third kappa shape index (κ3) is 2.05. The first-order chi connectivity index (χ1) is 8.78. The van der Waals surface area contributed by atoms with Crippen LogP contribution < -0.4 is 11.1 Å². The SMILES string of the molecule is NC1(c2ncc(-c3ccccc3)o2)CCNCC1. The minimum Gasteiger partial charge on any atom is -0.439 e. The fraction of sp³-hybridized carbons (Fsp3) is 0.357. The lowest BCUT2D eigenvalue weighted by atomic mass is 9.89. The van der Waals surface area contributed by atoms with Gasteiger partial charge in [-0.05, 0) is 25.9 Å². The molecular formula is C14H17N3O. The van der Waals surface area contributed by atoms with Crippen molar-refractivity contribution in [1.29, 1.82) is 0 Å². The highest BCUT2D eigenvalue weighted by Gasteiger charge is 2.34. The summed E-state index contributed by atoms with van der Waals surface area (Å²) in [4.78, 5) is 4.37. The van der Waals surface area contributed by atoms with Crippen molar-refractivity contribution in [2.45, 2.75) is 18.4 Å². The largest absolute Gasteiger partial charge is 0.439 e. The van der Waals surface area contributed by atoms with Gasteiger partial charge in [-0.25, -0.2) is 4.98 Å². The average molecular weight is 243 g/mol. The molecule has 1 aliphatic rings. The van der Waals surface area contributed by atoms with Crippen LogP contribution in [0.1, 0.15) is 18.7 Å². The average Bonchev–Trinajstić information content (AvgIpc) is 2.91. The lowest BCUT2D eigenvalue weighted by Gasteiger charge is -2.30. The smallest absolute Gasteiger partial charge is 0.215 e. The Morgan fingerprint density at radius 1 is 1.17 bits per heavy atom. The maximum atomic E-state index is 6.38. The maximum Gasteiger partial charge on any atom is 0.215 e. The minimum absolute atomic E-state index is 0.418. The van der Waals surface area contributed by atoms with Crippen molar-refractivity contribution in [2.75, 3.05) is 13.1 Å². The number of aromatic nitrogens is 1. The maximum absolute atomic E-state index is 6.38. The number of nitrogens with one attached hydrogen (secondary N) is 1. The highest BCUT2D eigenvalue weighted by Crippen LogP contribution is 2.30. The van der Waals surface area contributed by atoms with Gasteiger partial charge in [0.1, 0.15) is 0 Å². The molecule has 0 saturated carbocycles. The van der Waals surface area contributed by atoms with E-state index in [4.69, 9.17) is 10.2 Å². The number of hydrogen-bond donors (Lipinski definition) is 2. The van der Waals surface area contributed by atoms with E-state index in [0.29, 0.717) is 5.89 Å². The topological polar surface area (TPSA) is 64.1 Å². The van der Waals surface area contributed by atoms with Gasteiger partial charge in [0.15, 0.2) is 5.76 Å². The van der Waals surface area contributed by atoms with E-state index < -0.39 is 5.54 Å². The number of rotatable bonds is 2. The molecule has 0 amide bonds. The van der Waals surface area contributed by atoms with E-state index in [9.17, 15) is 0 Å². The number of hydrogen-bond acceptors (Lipinski definition) is 4. The predicted octanol–water partition coefficient (Wildman–Crippen LogP) is 1.88. The lowest BCUT2D eigenvalue weighted by molar-refractivity contribution is 0.256. The zero-order chi connectivity index (χ0) is 12.4. The van der Waals surface area contributed by atoms with Crippen molar-refractivity contribution in [2.24, 2.45) is 5.73 Å². The van der Waals surface area contributed by atoms with Gasteiger partial charge in [-0.15, -0.1) is 0 Å². The molecule has 0 aliphatic carbocycles. The van der Waals surface area contributed by atoms with Crippen LogP contribution in [-0.2, 0) is 5.54 Å². The summed E-state index contributed by atoms with van der Waals surface area (Å²) >= 11 is 0. The summed E-state index contributed by atoms with van der Waals surface area (Å²) in [5.41, 5.74) is 6.99. The zero-order valence-corrected chi connectivity index (χ0v) is 10.2. The molecule has 1 saturated heterocycles. The third-order valence-corrected chi connectivity index (χ3v) is 3.49. The summed E-state index contributed by atoms with van der Waals surface area (Å²) in [6.07, 6.45) is 3.49. The zero-order valence-electron chi connectivity index (χ0n) is 10.2. The normalized spacial score (nSPS) is 18.7. The van der Waals surface area contributed by atoms with Gasteiger partial charge < -0.3 is 15.5 Å². The van der Waals surface area contributed by atoms with Crippen molar-refractivity contribution in [1.82, 2.24) is 10.3 Å². The van der Waals surface area contributed by atoms with Gasteiger partial charge in [0, 0.05) is 5.56 Å². The van der Waals surface area contributed by atoms with E-state index in [1.807, 2.05) is 30.3 Å². The number of nitrogens with two attached hydrogens (primary N) is 1. The Bertz CT molecular complexity index is 515. The Labute approximate surface area is 106 Å². The van der Waals surface area contributed by atoms with Crippen LogP contribution in [0.5, 0.6) is 0 Å². The molecule has 4 nitrogen and oxygen atoms in total. The molecule has 1 fully saturated rings. The first kappa shape index (κ1) is 11.4. The summed E-state index contributed by atoms with van der Waals surface area (Å²) in [6, 6.07) is 9.98. The fourth-order valence-corrected chi connectivity index (χ4v) is 2.33. The molecule has 0 radical (unpaired) electrons. The summed E-state index contributed by atoms with van der Waals surface area (Å²) in [7, 11) is 0. The van der Waals surface area contributed by atoms with Crippen LogP contribution >= 0.6 is 0 Å². The molecule has 4 heteroatoms. The van der Waals surface area contributed by atoms with Gasteiger partial charge in [0.25, 0.3) is 0 Å². The van der Waals surface area contributed by atoms with Crippen molar-refractivity contribution in [3.8, 4) is 11.3 Å². The summed E-state index contributed by atoms with van der Waals surface area (Å²) in [5, 5.41) is 3.30. The van der Waals surface area contributed by atoms with Crippen LogP contribution in [0.4, 0.5) is 0 Å². The molecule has 0 spiro atoms. The molecule has 3 N–H and O–H groups in total. The molecule has 1 aromatic heterocycles. The summed E-state index contributed by atoms with van der Waals surface area (Å²) in [6.45, 7) is 1.83. The van der Waals surface area contributed by atoms with Gasteiger partial charge in [-0.2, -0.15) is 0 Å². The van der Waals surface area contributed by atoms with E-state index in [1.54, 1.807) is 6.20 Å². The Morgan fingerprint density at radius 2 is 1.89 bits per heavy atom. The number of benzene rings is 1. The quantitative estimate of drug-likeness (QED) is 0.845. The Kier molecular flexibility index (Phi) is 2.89. The third-order valence-electron chi connectivity index (χ3n) is 3.49. The molecule has 1 aromatic carbocycles. The number of oxazole rings is 1. The van der Waals surface area contributed by atoms with Crippen molar-refractivity contribution >= 4 is 0 Å². The minimum atomic E-state index is -0.418. The van der Waals surface area contributed by atoms with Crippen LogP contribution in [-0.4, -0.2) is 18.1 Å².